The lowest BCUT2D eigenvalue weighted by atomic mass is 9.98. The number of nitrogens with one attached hydrogen (secondary N) is 1. The summed E-state index contributed by atoms with van der Waals surface area (Å²) in [5.41, 5.74) is 1.89. The molecule has 4 heteroatoms. The molecule has 1 heterocycles. The molecule has 1 fully saturated rings. The van der Waals surface area contributed by atoms with Crippen LogP contribution >= 0.6 is 0 Å². The molecule has 2 N–H and O–H groups in total. The number of aliphatic carboxylic acids is 1. The Morgan fingerprint density at radius 3 is 3.00 bits per heavy atom. The third-order valence-corrected chi connectivity index (χ3v) is 2.69. The van der Waals surface area contributed by atoms with Crippen LogP contribution in [0.2, 0.25) is 0 Å². The first-order chi connectivity index (χ1) is 7.77. The van der Waals surface area contributed by atoms with Crippen LogP contribution in [0.25, 0.3) is 0 Å². The minimum absolute atomic E-state index is 0.0638. The van der Waals surface area contributed by atoms with Crippen molar-refractivity contribution in [3.8, 4) is 0 Å². The highest BCUT2D eigenvalue weighted by atomic mass is 16.5. The Balaban J connectivity index is 2.20. The number of rotatable bonds is 3. The average Bonchev–Trinajstić information content (AvgIpc) is 2.30. The van der Waals surface area contributed by atoms with Crippen molar-refractivity contribution in [1.29, 1.82) is 0 Å². The lowest BCUT2D eigenvalue weighted by molar-refractivity contribution is -0.136. The van der Waals surface area contributed by atoms with Gasteiger partial charge in [0.05, 0.1) is 25.7 Å². The van der Waals surface area contributed by atoms with Gasteiger partial charge in [-0.15, -0.1) is 0 Å². The molecular formula is C12H15NO3. The van der Waals surface area contributed by atoms with E-state index in [9.17, 15) is 4.79 Å². The summed E-state index contributed by atoms with van der Waals surface area (Å²) in [6.45, 7) is 2.14. The Bertz CT molecular complexity index is 372. The third-order valence-electron chi connectivity index (χ3n) is 2.69. The van der Waals surface area contributed by atoms with E-state index < -0.39 is 5.97 Å². The smallest absolute Gasteiger partial charge is 0.307 e. The minimum Gasteiger partial charge on any atom is -0.481 e. The molecule has 1 saturated heterocycles. The predicted octanol–water partition coefficient (Wildman–Crippen LogP) is 0.975. The molecule has 1 aliphatic heterocycles. The Labute approximate surface area is 94.2 Å². The van der Waals surface area contributed by atoms with E-state index in [1.165, 1.54) is 0 Å². The number of carboxylic acids is 1. The molecule has 0 saturated carbocycles. The van der Waals surface area contributed by atoms with Crippen LogP contribution in [0.1, 0.15) is 17.2 Å². The van der Waals surface area contributed by atoms with Gasteiger partial charge in [-0.3, -0.25) is 4.79 Å². The first-order valence-electron chi connectivity index (χ1n) is 5.38. The fourth-order valence-corrected chi connectivity index (χ4v) is 1.96. The van der Waals surface area contributed by atoms with Gasteiger partial charge in [0.1, 0.15) is 0 Å². The summed E-state index contributed by atoms with van der Waals surface area (Å²) in [7, 11) is 0. The van der Waals surface area contributed by atoms with E-state index in [2.05, 4.69) is 5.32 Å². The normalized spacial score (nSPS) is 20.6. The van der Waals surface area contributed by atoms with Crippen LogP contribution in [0.4, 0.5) is 0 Å². The van der Waals surface area contributed by atoms with Gasteiger partial charge < -0.3 is 15.2 Å². The summed E-state index contributed by atoms with van der Waals surface area (Å²) in [4.78, 5) is 10.8. The van der Waals surface area contributed by atoms with E-state index >= 15 is 0 Å². The molecule has 16 heavy (non-hydrogen) atoms. The van der Waals surface area contributed by atoms with Gasteiger partial charge in [-0.1, -0.05) is 24.3 Å². The highest BCUT2D eigenvalue weighted by molar-refractivity contribution is 5.70. The van der Waals surface area contributed by atoms with Crippen molar-refractivity contribution < 1.29 is 14.6 Å². The Morgan fingerprint density at radius 1 is 1.50 bits per heavy atom. The second kappa shape index (κ2) is 5.09. The zero-order chi connectivity index (χ0) is 11.4. The molecule has 1 aromatic carbocycles. The van der Waals surface area contributed by atoms with Gasteiger partial charge >= 0.3 is 5.97 Å². The van der Waals surface area contributed by atoms with E-state index in [0.29, 0.717) is 6.61 Å². The molecular weight excluding hydrogens is 206 g/mol. The summed E-state index contributed by atoms with van der Waals surface area (Å²) in [6.07, 6.45) is 0.0638. The lowest BCUT2D eigenvalue weighted by Gasteiger charge is -2.25. The largest absolute Gasteiger partial charge is 0.481 e. The van der Waals surface area contributed by atoms with E-state index in [-0.39, 0.29) is 12.5 Å². The van der Waals surface area contributed by atoms with Crippen LogP contribution < -0.4 is 5.32 Å². The maximum Gasteiger partial charge on any atom is 0.307 e. The van der Waals surface area contributed by atoms with Crippen LogP contribution in [0.15, 0.2) is 24.3 Å². The number of carboxylic acid groups (broad SMARTS) is 1. The standard InChI is InChI=1S/C12H15NO3/c14-12(15)7-9-3-1-2-4-10(9)11-8-16-6-5-13-11/h1-4,11,13H,5-8H2,(H,14,15). The van der Waals surface area contributed by atoms with Gasteiger partial charge in [-0.05, 0) is 11.1 Å². The van der Waals surface area contributed by atoms with Crippen molar-refractivity contribution >= 4 is 5.97 Å². The van der Waals surface area contributed by atoms with Gasteiger partial charge in [-0.25, -0.2) is 0 Å². The fourth-order valence-electron chi connectivity index (χ4n) is 1.96. The SMILES string of the molecule is O=C(O)Cc1ccccc1C1COCCN1. The second-order valence-electron chi connectivity index (χ2n) is 3.85. The molecule has 4 nitrogen and oxygen atoms in total. The van der Waals surface area contributed by atoms with Crippen LogP contribution in [-0.4, -0.2) is 30.8 Å². The molecule has 0 bridgehead atoms. The summed E-state index contributed by atoms with van der Waals surface area (Å²) >= 11 is 0. The molecule has 0 radical (unpaired) electrons. The number of ether oxygens (including phenoxy) is 1. The average molecular weight is 221 g/mol. The maximum absolute atomic E-state index is 10.8. The summed E-state index contributed by atoms with van der Waals surface area (Å²) in [6, 6.07) is 7.73. The molecule has 1 aromatic rings. The Hall–Kier alpha value is -1.39. The van der Waals surface area contributed by atoms with Crippen molar-refractivity contribution in [3.63, 3.8) is 0 Å². The van der Waals surface area contributed by atoms with Crippen LogP contribution in [-0.2, 0) is 16.0 Å². The van der Waals surface area contributed by atoms with Gasteiger partial charge in [0.2, 0.25) is 0 Å². The van der Waals surface area contributed by atoms with Crippen molar-refractivity contribution in [2.24, 2.45) is 0 Å². The third kappa shape index (κ3) is 2.59. The zero-order valence-electron chi connectivity index (χ0n) is 8.98. The molecule has 2 rings (SSSR count). The Kier molecular flexibility index (Phi) is 3.54. The molecule has 1 aliphatic rings. The first-order valence-corrected chi connectivity index (χ1v) is 5.38. The molecule has 1 atom stereocenters. The highest BCUT2D eigenvalue weighted by Crippen LogP contribution is 2.20. The monoisotopic (exact) mass is 221 g/mol. The predicted molar refractivity (Wildman–Crippen MR) is 59.3 cm³/mol. The number of hydrogen-bond acceptors (Lipinski definition) is 3. The van der Waals surface area contributed by atoms with Gasteiger partial charge in [-0.2, -0.15) is 0 Å². The quantitative estimate of drug-likeness (QED) is 0.798. The first kappa shape index (κ1) is 11.1. The molecule has 1 unspecified atom stereocenters. The topological polar surface area (TPSA) is 58.6 Å². The van der Waals surface area contributed by atoms with Crippen LogP contribution in [0.5, 0.6) is 0 Å². The summed E-state index contributed by atoms with van der Waals surface area (Å²) < 4.78 is 5.39. The van der Waals surface area contributed by atoms with Gasteiger partial charge in [0.15, 0.2) is 0 Å². The molecule has 0 aromatic heterocycles. The summed E-state index contributed by atoms with van der Waals surface area (Å²) in [5.74, 6) is -0.802. The lowest BCUT2D eigenvalue weighted by Crippen LogP contribution is -2.35. The number of hydrogen-bond donors (Lipinski definition) is 2. The fraction of sp³-hybridized carbons (Fsp3) is 0.417. The van der Waals surface area contributed by atoms with Crippen LogP contribution in [0.3, 0.4) is 0 Å². The van der Waals surface area contributed by atoms with Crippen molar-refractivity contribution in [1.82, 2.24) is 5.32 Å². The van der Waals surface area contributed by atoms with E-state index in [4.69, 9.17) is 9.84 Å². The van der Waals surface area contributed by atoms with Crippen molar-refractivity contribution in [3.05, 3.63) is 35.4 Å². The van der Waals surface area contributed by atoms with Crippen molar-refractivity contribution in [2.75, 3.05) is 19.8 Å². The minimum atomic E-state index is -0.802. The van der Waals surface area contributed by atoms with Crippen LogP contribution in [0, 0.1) is 0 Å². The molecule has 0 spiro atoms. The van der Waals surface area contributed by atoms with E-state index in [1.807, 2.05) is 24.3 Å². The van der Waals surface area contributed by atoms with Crippen molar-refractivity contribution in [2.45, 2.75) is 12.5 Å². The summed E-state index contributed by atoms with van der Waals surface area (Å²) in [5, 5.41) is 12.2. The Morgan fingerprint density at radius 2 is 2.31 bits per heavy atom. The maximum atomic E-state index is 10.8. The number of benzene rings is 1. The van der Waals surface area contributed by atoms with Gasteiger partial charge in [0, 0.05) is 6.54 Å². The number of carbonyl (C=O) groups is 1. The highest BCUT2D eigenvalue weighted by Gasteiger charge is 2.18. The zero-order valence-corrected chi connectivity index (χ0v) is 8.98. The molecule has 86 valence electrons. The van der Waals surface area contributed by atoms with E-state index in [0.717, 1.165) is 24.3 Å². The molecule has 0 amide bonds. The second-order valence-corrected chi connectivity index (χ2v) is 3.85. The molecule has 0 aliphatic carbocycles. The number of morpholine rings is 1. The van der Waals surface area contributed by atoms with Gasteiger partial charge in [0.25, 0.3) is 0 Å². The van der Waals surface area contributed by atoms with E-state index in [1.54, 1.807) is 0 Å².